The maximum absolute atomic E-state index is 12.1. The lowest BCUT2D eigenvalue weighted by Crippen LogP contribution is -2.48. The minimum Gasteiger partial charge on any atom is -0.350 e. The van der Waals surface area contributed by atoms with Gasteiger partial charge < -0.3 is 15.5 Å². The fraction of sp³-hybridized carbons (Fsp3) is 0.882. The van der Waals surface area contributed by atoms with E-state index >= 15 is 0 Å². The Morgan fingerprint density at radius 1 is 1.14 bits per heavy atom. The molecular formula is C17H29N3O2. The van der Waals surface area contributed by atoms with Crippen molar-refractivity contribution in [3.05, 3.63) is 0 Å². The molecule has 0 radical (unpaired) electrons. The lowest BCUT2D eigenvalue weighted by Gasteiger charge is -2.36. The molecule has 0 aromatic heterocycles. The Balaban J connectivity index is 1.57. The van der Waals surface area contributed by atoms with Crippen LogP contribution in [0.3, 0.4) is 0 Å². The normalized spacial score (nSPS) is 32.5. The summed E-state index contributed by atoms with van der Waals surface area (Å²) >= 11 is 0. The Bertz CT molecular complexity index is 409. The van der Waals surface area contributed by atoms with Gasteiger partial charge in [-0.2, -0.15) is 0 Å². The molecule has 2 N–H and O–H groups in total. The standard InChI is InChI=1S/C17H29N3O2/c21-13-18-11-16(22)20-10-9-17(12-20)8-4-7-15(17)19-14-5-2-1-3-6-14/h13-15,19H,1-12H2,(H,18,21). The zero-order valence-corrected chi connectivity index (χ0v) is 13.5. The Hall–Kier alpha value is -1.10. The van der Waals surface area contributed by atoms with Gasteiger partial charge in [-0.05, 0) is 32.1 Å². The summed E-state index contributed by atoms with van der Waals surface area (Å²) in [6.07, 6.45) is 12.2. The van der Waals surface area contributed by atoms with E-state index in [1.807, 2.05) is 4.90 Å². The molecule has 2 aliphatic carbocycles. The average Bonchev–Trinajstić information content (AvgIpc) is 3.14. The van der Waals surface area contributed by atoms with Gasteiger partial charge in [0.15, 0.2) is 0 Å². The molecule has 22 heavy (non-hydrogen) atoms. The molecule has 1 heterocycles. The summed E-state index contributed by atoms with van der Waals surface area (Å²) in [7, 11) is 0. The Kier molecular flexibility index (Phi) is 5.01. The van der Waals surface area contributed by atoms with Crippen molar-refractivity contribution in [3.63, 3.8) is 0 Å². The van der Waals surface area contributed by atoms with Crippen molar-refractivity contribution in [2.24, 2.45) is 5.41 Å². The van der Waals surface area contributed by atoms with Gasteiger partial charge in [-0.15, -0.1) is 0 Å². The minimum atomic E-state index is 0.0623. The second-order valence-electron chi connectivity index (χ2n) is 7.37. The van der Waals surface area contributed by atoms with Crippen LogP contribution in [0.15, 0.2) is 0 Å². The first-order valence-electron chi connectivity index (χ1n) is 8.94. The Morgan fingerprint density at radius 2 is 1.95 bits per heavy atom. The first-order chi connectivity index (χ1) is 10.7. The summed E-state index contributed by atoms with van der Waals surface area (Å²) in [6.45, 7) is 1.86. The molecule has 1 saturated heterocycles. The van der Waals surface area contributed by atoms with Crippen molar-refractivity contribution in [3.8, 4) is 0 Å². The highest BCUT2D eigenvalue weighted by molar-refractivity contribution is 5.80. The number of nitrogens with one attached hydrogen (secondary N) is 2. The molecular weight excluding hydrogens is 278 g/mol. The number of likely N-dealkylation sites (tertiary alicyclic amines) is 1. The Morgan fingerprint density at radius 3 is 2.73 bits per heavy atom. The van der Waals surface area contributed by atoms with Gasteiger partial charge in [0.1, 0.15) is 0 Å². The third-order valence-electron chi connectivity index (χ3n) is 6.02. The van der Waals surface area contributed by atoms with Gasteiger partial charge in [0.2, 0.25) is 12.3 Å². The fourth-order valence-electron chi connectivity index (χ4n) is 4.79. The second kappa shape index (κ2) is 6.99. The van der Waals surface area contributed by atoms with Gasteiger partial charge >= 0.3 is 0 Å². The first-order valence-corrected chi connectivity index (χ1v) is 8.94. The molecule has 3 aliphatic rings. The number of hydrogen-bond donors (Lipinski definition) is 2. The molecule has 3 fully saturated rings. The van der Waals surface area contributed by atoms with Crippen molar-refractivity contribution in [1.82, 2.24) is 15.5 Å². The van der Waals surface area contributed by atoms with Gasteiger partial charge in [0.05, 0.1) is 6.54 Å². The lowest BCUT2D eigenvalue weighted by molar-refractivity contribution is -0.130. The number of nitrogens with zero attached hydrogens (tertiary/aromatic N) is 1. The van der Waals surface area contributed by atoms with Crippen LogP contribution in [0, 0.1) is 5.41 Å². The van der Waals surface area contributed by atoms with Gasteiger partial charge in [-0.1, -0.05) is 25.7 Å². The van der Waals surface area contributed by atoms with E-state index in [0.717, 1.165) is 19.5 Å². The van der Waals surface area contributed by atoms with Crippen LogP contribution in [-0.4, -0.2) is 48.9 Å². The minimum absolute atomic E-state index is 0.0623. The fourth-order valence-corrected chi connectivity index (χ4v) is 4.79. The third-order valence-corrected chi connectivity index (χ3v) is 6.02. The summed E-state index contributed by atoms with van der Waals surface area (Å²) < 4.78 is 0. The predicted molar refractivity (Wildman–Crippen MR) is 85.3 cm³/mol. The average molecular weight is 307 g/mol. The molecule has 0 bridgehead atoms. The first kappa shape index (κ1) is 15.8. The number of rotatable bonds is 5. The summed E-state index contributed by atoms with van der Waals surface area (Å²) in [4.78, 5) is 24.4. The quantitative estimate of drug-likeness (QED) is 0.755. The molecule has 2 saturated carbocycles. The number of carbonyl (C=O) groups is 2. The summed E-state index contributed by atoms with van der Waals surface area (Å²) in [5, 5.41) is 6.44. The summed E-state index contributed by atoms with van der Waals surface area (Å²) in [5.41, 5.74) is 0.286. The highest BCUT2D eigenvalue weighted by atomic mass is 16.2. The highest BCUT2D eigenvalue weighted by Crippen LogP contribution is 2.46. The number of amides is 2. The monoisotopic (exact) mass is 307 g/mol. The molecule has 2 unspecified atom stereocenters. The van der Waals surface area contributed by atoms with Crippen LogP contribution in [0.25, 0.3) is 0 Å². The molecule has 2 atom stereocenters. The molecule has 5 heteroatoms. The van der Waals surface area contributed by atoms with Crippen LogP contribution in [-0.2, 0) is 9.59 Å². The van der Waals surface area contributed by atoms with Crippen molar-refractivity contribution >= 4 is 12.3 Å². The smallest absolute Gasteiger partial charge is 0.241 e. The van der Waals surface area contributed by atoms with Crippen LogP contribution in [0.5, 0.6) is 0 Å². The SMILES string of the molecule is O=CNCC(=O)N1CCC2(CCCC2NC2CCCCC2)C1. The van der Waals surface area contributed by atoms with Crippen molar-refractivity contribution in [2.45, 2.75) is 69.9 Å². The molecule has 0 aromatic carbocycles. The van der Waals surface area contributed by atoms with Gasteiger partial charge in [-0.3, -0.25) is 9.59 Å². The Labute approximate surface area is 133 Å². The van der Waals surface area contributed by atoms with E-state index in [1.54, 1.807) is 0 Å². The van der Waals surface area contributed by atoms with E-state index in [4.69, 9.17) is 0 Å². The van der Waals surface area contributed by atoms with Crippen molar-refractivity contribution < 1.29 is 9.59 Å². The molecule has 5 nitrogen and oxygen atoms in total. The third kappa shape index (κ3) is 3.29. The van der Waals surface area contributed by atoms with E-state index in [9.17, 15) is 9.59 Å². The molecule has 2 amide bonds. The molecule has 124 valence electrons. The van der Waals surface area contributed by atoms with Gasteiger partial charge in [0.25, 0.3) is 0 Å². The van der Waals surface area contributed by atoms with Crippen LogP contribution in [0.2, 0.25) is 0 Å². The largest absolute Gasteiger partial charge is 0.350 e. The molecule has 0 aromatic rings. The zero-order chi connectivity index (χ0) is 15.4. The summed E-state index contributed by atoms with van der Waals surface area (Å²) in [5.74, 6) is 0.0623. The maximum atomic E-state index is 12.1. The van der Waals surface area contributed by atoms with Crippen LogP contribution in [0.1, 0.15) is 57.8 Å². The molecule has 1 spiro atoms. The lowest BCUT2D eigenvalue weighted by atomic mass is 9.80. The van der Waals surface area contributed by atoms with Crippen molar-refractivity contribution in [2.75, 3.05) is 19.6 Å². The predicted octanol–water partition coefficient (Wildman–Crippen LogP) is 1.43. The van der Waals surface area contributed by atoms with E-state index in [-0.39, 0.29) is 17.9 Å². The summed E-state index contributed by atoms with van der Waals surface area (Å²) in [6, 6.07) is 1.27. The zero-order valence-electron chi connectivity index (χ0n) is 13.5. The highest BCUT2D eigenvalue weighted by Gasteiger charge is 2.48. The van der Waals surface area contributed by atoms with Crippen LogP contribution in [0.4, 0.5) is 0 Å². The van der Waals surface area contributed by atoms with Gasteiger partial charge in [0, 0.05) is 30.6 Å². The van der Waals surface area contributed by atoms with E-state index in [0.29, 0.717) is 18.5 Å². The number of hydrogen-bond acceptors (Lipinski definition) is 3. The maximum Gasteiger partial charge on any atom is 0.241 e. The van der Waals surface area contributed by atoms with E-state index < -0.39 is 0 Å². The van der Waals surface area contributed by atoms with Gasteiger partial charge in [-0.25, -0.2) is 0 Å². The second-order valence-corrected chi connectivity index (χ2v) is 7.37. The topological polar surface area (TPSA) is 61.4 Å². The molecule has 1 aliphatic heterocycles. The van der Waals surface area contributed by atoms with E-state index in [1.165, 1.54) is 51.4 Å². The van der Waals surface area contributed by atoms with Crippen LogP contribution < -0.4 is 10.6 Å². The van der Waals surface area contributed by atoms with E-state index in [2.05, 4.69) is 10.6 Å². The van der Waals surface area contributed by atoms with Crippen LogP contribution >= 0.6 is 0 Å². The molecule has 3 rings (SSSR count). The number of carbonyl (C=O) groups excluding carboxylic acids is 2. The van der Waals surface area contributed by atoms with Crippen molar-refractivity contribution in [1.29, 1.82) is 0 Å².